The predicted molar refractivity (Wildman–Crippen MR) is 68.8 cm³/mol. The van der Waals surface area contributed by atoms with Gasteiger partial charge in [-0.3, -0.25) is 4.79 Å². The number of nitrogens with two attached hydrogens (primary N) is 1. The molecule has 0 bridgehead atoms. The van der Waals surface area contributed by atoms with Gasteiger partial charge in [-0.25, -0.2) is 0 Å². The van der Waals surface area contributed by atoms with Crippen molar-refractivity contribution < 1.29 is 9.53 Å². The number of hydrogen-bond acceptors (Lipinski definition) is 3. The molecular weight excluding hydrogens is 238 g/mol. The molecule has 0 saturated heterocycles. The van der Waals surface area contributed by atoms with Gasteiger partial charge in [0.25, 0.3) is 0 Å². The van der Waals surface area contributed by atoms with Crippen molar-refractivity contribution in [3.05, 3.63) is 34.9 Å². The number of hydrogen-bond donors (Lipinski definition) is 1. The second kappa shape index (κ2) is 5.52. The summed E-state index contributed by atoms with van der Waals surface area (Å²) in [5.41, 5.74) is 6.45. The third-order valence-corrected chi connectivity index (χ3v) is 3.02. The van der Waals surface area contributed by atoms with Crippen molar-refractivity contribution in [3.63, 3.8) is 0 Å². The standard InChI is InChI=1S/C13H18ClNO2/c1-13(2,12(16)17-3)8-11(15)9-4-6-10(14)7-5-9/h4-7,11H,8,15H2,1-3H3. The average molecular weight is 256 g/mol. The number of methoxy groups -OCH3 is 1. The molecular formula is C13H18ClNO2. The molecule has 1 unspecified atom stereocenters. The van der Waals surface area contributed by atoms with Crippen molar-refractivity contribution in [3.8, 4) is 0 Å². The van der Waals surface area contributed by atoms with E-state index in [1.165, 1.54) is 7.11 Å². The van der Waals surface area contributed by atoms with Gasteiger partial charge in [0.15, 0.2) is 0 Å². The molecule has 0 amide bonds. The quantitative estimate of drug-likeness (QED) is 0.842. The summed E-state index contributed by atoms with van der Waals surface area (Å²) in [5.74, 6) is -0.248. The summed E-state index contributed by atoms with van der Waals surface area (Å²) in [6.45, 7) is 3.66. The van der Waals surface area contributed by atoms with Crippen LogP contribution in [-0.2, 0) is 9.53 Å². The second-order valence-electron chi connectivity index (χ2n) is 4.74. The number of carbonyl (C=O) groups is 1. The first-order valence-corrected chi connectivity index (χ1v) is 5.84. The first kappa shape index (κ1) is 14.0. The van der Waals surface area contributed by atoms with Crippen LogP contribution in [0.3, 0.4) is 0 Å². The summed E-state index contributed by atoms with van der Waals surface area (Å²) < 4.78 is 4.76. The lowest BCUT2D eigenvalue weighted by Gasteiger charge is -2.25. The van der Waals surface area contributed by atoms with Gasteiger partial charge in [-0.1, -0.05) is 23.7 Å². The molecule has 0 spiro atoms. The summed E-state index contributed by atoms with van der Waals surface area (Å²) >= 11 is 5.81. The Morgan fingerprint density at radius 2 is 1.94 bits per heavy atom. The number of esters is 1. The largest absolute Gasteiger partial charge is 0.469 e. The Labute approximate surface area is 107 Å². The van der Waals surface area contributed by atoms with Gasteiger partial charge < -0.3 is 10.5 Å². The predicted octanol–water partition coefficient (Wildman–Crippen LogP) is 2.93. The Morgan fingerprint density at radius 1 is 1.41 bits per heavy atom. The van der Waals surface area contributed by atoms with E-state index in [1.807, 2.05) is 26.0 Å². The fourth-order valence-electron chi connectivity index (χ4n) is 1.74. The highest BCUT2D eigenvalue weighted by atomic mass is 35.5. The molecule has 0 aromatic heterocycles. The van der Waals surface area contributed by atoms with Crippen LogP contribution < -0.4 is 5.73 Å². The van der Waals surface area contributed by atoms with Crippen LogP contribution >= 0.6 is 11.6 Å². The topological polar surface area (TPSA) is 52.3 Å². The summed E-state index contributed by atoms with van der Waals surface area (Å²) in [4.78, 5) is 11.6. The van der Waals surface area contributed by atoms with E-state index in [1.54, 1.807) is 12.1 Å². The third kappa shape index (κ3) is 3.72. The molecule has 1 aromatic rings. The highest BCUT2D eigenvalue weighted by molar-refractivity contribution is 6.30. The van der Waals surface area contributed by atoms with Crippen LogP contribution in [0.5, 0.6) is 0 Å². The maximum Gasteiger partial charge on any atom is 0.311 e. The smallest absolute Gasteiger partial charge is 0.311 e. The van der Waals surface area contributed by atoms with Crippen LogP contribution in [-0.4, -0.2) is 13.1 Å². The Kier molecular flexibility index (Phi) is 4.54. The summed E-state index contributed by atoms with van der Waals surface area (Å²) in [6.07, 6.45) is 0.529. The Hall–Kier alpha value is -1.06. The van der Waals surface area contributed by atoms with Crippen molar-refractivity contribution in [2.24, 2.45) is 11.1 Å². The normalized spacial score (nSPS) is 13.2. The van der Waals surface area contributed by atoms with E-state index in [0.29, 0.717) is 11.4 Å². The third-order valence-electron chi connectivity index (χ3n) is 2.77. The van der Waals surface area contributed by atoms with Crippen LogP contribution in [0.1, 0.15) is 31.9 Å². The zero-order valence-electron chi connectivity index (χ0n) is 10.4. The van der Waals surface area contributed by atoms with E-state index >= 15 is 0 Å². The van der Waals surface area contributed by atoms with Gasteiger partial charge in [-0.2, -0.15) is 0 Å². The van der Waals surface area contributed by atoms with E-state index in [-0.39, 0.29) is 12.0 Å². The van der Waals surface area contributed by atoms with Gasteiger partial charge in [-0.05, 0) is 38.0 Å². The van der Waals surface area contributed by atoms with Crippen molar-refractivity contribution in [1.29, 1.82) is 0 Å². The SMILES string of the molecule is COC(=O)C(C)(C)CC(N)c1ccc(Cl)cc1. The van der Waals surface area contributed by atoms with Crippen molar-refractivity contribution in [2.75, 3.05) is 7.11 Å². The molecule has 0 radical (unpaired) electrons. The lowest BCUT2D eigenvalue weighted by atomic mass is 9.84. The van der Waals surface area contributed by atoms with E-state index in [4.69, 9.17) is 22.1 Å². The minimum Gasteiger partial charge on any atom is -0.469 e. The minimum atomic E-state index is -0.589. The molecule has 1 rings (SSSR count). The summed E-state index contributed by atoms with van der Waals surface area (Å²) in [5, 5.41) is 0.674. The lowest BCUT2D eigenvalue weighted by molar-refractivity contribution is -0.151. The fourth-order valence-corrected chi connectivity index (χ4v) is 1.86. The molecule has 1 atom stereocenters. The van der Waals surface area contributed by atoms with Gasteiger partial charge in [0, 0.05) is 11.1 Å². The number of rotatable bonds is 4. The fraction of sp³-hybridized carbons (Fsp3) is 0.462. The maximum absolute atomic E-state index is 11.6. The van der Waals surface area contributed by atoms with Crippen LogP contribution in [0.2, 0.25) is 5.02 Å². The molecule has 0 saturated carbocycles. The lowest BCUT2D eigenvalue weighted by Crippen LogP contribution is -2.30. The monoisotopic (exact) mass is 255 g/mol. The molecule has 3 nitrogen and oxygen atoms in total. The molecule has 0 fully saturated rings. The van der Waals surface area contributed by atoms with E-state index in [2.05, 4.69) is 0 Å². The van der Waals surface area contributed by atoms with Crippen molar-refractivity contribution >= 4 is 17.6 Å². The number of ether oxygens (including phenoxy) is 1. The molecule has 94 valence electrons. The molecule has 17 heavy (non-hydrogen) atoms. The maximum atomic E-state index is 11.6. The Bertz CT molecular complexity index is 387. The van der Waals surface area contributed by atoms with Gasteiger partial charge in [0.1, 0.15) is 0 Å². The first-order chi connectivity index (χ1) is 7.86. The molecule has 0 aliphatic heterocycles. The van der Waals surface area contributed by atoms with Crippen molar-refractivity contribution in [2.45, 2.75) is 26.3 Å². The van der Waals surface area contributed by atoms with Gasteiger partial charge >= 0.3 is 5.97 Å². The van der Waals surface area contributed by atoms with Crippen LogP contribution in [0.25, 0.3) is 0 Å². The summed E-state index contributed by atoms with van der Waals surface area (Å²) in [6, 6.07) is 7.13. The number of halogens is 1. The molecule has 4 heteroatoms. The molecule has 2 N–H and O–H groups in total. The van der Waals surface area contributed by atoms with Crippen LogP contribution in [0, 0.1) is 5.41 Å². The zero-order valence-corrected chi connectivity index (χ0v) is 11.1. The zero-order chi connectivity index (χ0) is 13.1. The van der Waals surface area contributed by atoms with Crippen LogP contribution in [0.4, 0.5) is 0 Å². The van der Waals surface area contributed by atoms with Gasteiger partial charge in [0.05, 0.1) is 12.5 Å². The van der Waals surface area contributed by atoms with Crippen molar-refractivity contribution in [1.82, 2.24) is 0 Å². The summed E-state index contributed by atoms with van der Waals surface area (Å²) in [7, 11) is 1.39. The second-order valence-corrected chi connectivity index (χ2v) is 5.17. The number of benzene rings is 1. The van der Waals surface area contributed by atoms with Crippen LogP contribution in [0.15, 0.2) is 24.3 Å². The highest BCUT2D eigenvalue weighted by Gasteiger charge is 2.31. The van der Waals surface area contributed by atoms with E-state index in [9.17, 15) is 4.79 Å². The Morgan fingerprint density at radius 3 is 2.41 bits per heavy atom. The first-order valence-electron chi connectivity index (χ1n) is 5.46. The Balaban J connectivity index is 2.75. The van der Waals surface area contributed by atoms with E-state index < -0.39 is 5.41 Å². The molecule has 0 aliphatic rings. The minimum absolute atomic E-state index is 0.207. The molecule has 0 heterocycles. The molecule has 1 aromatic carbocycles. The average Bonchev–Trinajstić information content (AvgIpc) is 2.28. The highest BCUT2D eigenvalue weighted by Crippen LogP contribution is 2.30. The van der Waals surface area contributed by atoms with Gasteiger partial charge in [-0.15, -0.1) is 0 Å². The van der Waals surface area contributed by atoms with Gasteiger partial charge in [0.2, 0.25) is 0 Å². The molecule has 0 aliphatic carbocycles. The van der Waals surface area contributed by atoms with E-state index in [0.717, 1.165) is 5.56 Å². The number of carbonyl (C=O) groups excluding carboxylic acids is 1.